The summed E-state index contributed by atoms with van der Waals surface area (Å²) in [6.07, 6.45) is 7.47. The van der Waals surface area contributed by atoms with Crippen molar-refractivity contribution in [3.05, 3.63) is 17.7 Å². The van der Waals surface area contributed by atoms with E-state index >= 15 is 0 Å². The van der Waals surface area contributed by atoms with Gasteiger partial charge in [0.15, 0.2) is 0 Å². The first-order valence-corrected chi connectivity index (χ1v) is 6.30. The molecule has 0 aromatic carbocycles. The Labute approximate surface area is 95.7 Å². The molecule has 88 valence electrons. The van der Waals surface area contributed by atoms with Gasteiger partial charge in [-0.15, -0.1) is 0 Å². The van der Waals surface area contributed by atoms with Crippen molar-refractivity contribution in [3.8, 4) is 0 Å². The zero-order chi connectivity index (χ0) is 11.0. The Kier molecular flexibility index (Phi) is 2.69. The molecule has 0 radical (unpaired) electrons. The minimum Gasteiger partial charge on any atom is -0.391 e. The fourth-order valence-corrected chi connectivity index (χ4v) is 2.72. The van der Waals surface area contributed by atoms with E-state index in [9.17, 15) is 5.11 Å². The average molecular weight is 221 g/mol. The van der Waals surface area contributed by atoms with E-state index in [0.29, 0.717) is 6.04 Å². The smallest absolute Gasteiger partial charge is 0.109 e. The largest absolute Gasteiger partial charge is 0.391 e. The fourth-order valence-electron chi connectivity index (χ4n) is 2.72. The van der Waals surface area contributed by atoms with Gasteiger partial charge in [0, 0.05) is 19.2 Å². The van der Waals surface area contributed by atoms with Gasteiger partial charge in [-0.1, -0.05) is 6.42 Å². The van der Waals surface area contributed by atoms with Crippen molar-refractivity contribution in [3.63, 3.8) is 0 Å². The van der Waals surface area contributed by atoms with Crippen LogP contribution in [0, 0.1) is 0 Å². The number of nitrogens with zero attached hydrogens (tertiary/aromatic N) is 2. The lowest BCUT2D eigenvalue weighted by atomic mass is 10.0. The Morgan fingerprint density at radius 1 is 1.38 bits per heavy atom. The van der Waals surface area contributed by atoms with Crippen LogP contribution in [0.5, 0.6) is 0 Å². The van der Waals surface area contributed by atoms with Gasteiger partial charge >= 0.3 is 0 Å². The summed E-state index contributed by atoms with van der Waals surface area (Å²) in [5, 5.41) is 13.1. The van der Waals surface area contributed by atoms with Crippen LogP contribution in [0.3, 0.4) is 0 Å². The molecule has 3 rings (SSSR count). The lowest BCUT2D eigenvalue weighted by Crippen LogP contribution is -2.27. The summed E-state index contributed by atoms with van der Waals surface area (Å²) in [6, 6.07) is 0.434. The summed E-state index contributed by atoms with van der Waals surface area (Å²) in [5.41, 5.74) is 1.17. The first kappa shape index (κ1) is 10.3. The second-order valence-corrected chi connectivity index (χ2v) is 4.93. The maximum atomic E-state index is 9.61. The molecule has 16 heavy (non-hydrogen) atoms. The standard InChI is InChI=1S/C12H19N3O/c16-9-4-5-12-14-11(8-15(12)7-9)10-3-1-2-6-13-10/h8-10,13,16H,1-7H2. The normalized spacial score (nSPS) is 30.1. The van der Waals surface area contributed by atoms with Crippen LogP contribution >= 0.6 is 0 Å². The lowest BCUT2D eigenvalue weighted by molar-refractivity contribution is 0.130. The monoisotopic (exact) mass is 221 g/mol. The number of imidazole rings is 1. The molecule has 4 heteroatoms. The van der Waals surface area contributed by atoms with Crippen LogP contribution in [-0.4, -0.2) is 27.3 Å². The summed E-state index contributed by atoms with van der Waals surface area (Å²) in [7, 11) is 0. The minimum absolute atomic E-state index is 0.186. The zero-order valence-corrected chi connectivity index (χ0v) is 9.52. The molecule has 0 aliphatic carbocycles. The molecular formula is C12H19N3O. The van der Waals surface area contributed by atoms with Crippen molar-refractivity contribution in [2.24, 2.45) is 0 Å². The van der Waals surface area contributed by atoms with E-state index in [2.05, 4.69) is 16.1 Å². The van der Waals surface area contributed by atoms with Gasteiger partial charge in [-0.05, 0) is 25.8 Å². The number of piperidine rings is 1. The SMILES string of the molecule is OC1CCc2nc(C3CCCCN3)cn2C1. The van der Waals surface area contributed by atoms with E-state index in [-0.39, 0.29) is 6.10 Å². The van der Waals surface area contributed by atoms with Crippen molar-refractivity contribution in [1.29, 1.82) is 0 Å². The summed E-state index contributed by atoms with van der Waals surface area (Å²) < 4.78 is 2.12. The Morgan fingerprint density at radius 3 is 3.12 bits per heavy atom. The van der Waals surface area contributed by atoms with Crippen LogP contribution in [0.25, 0.3) is 0 Å². The van der Waals surface area contributed by atoms with Gasteiger partial charge in [0.25, 0.3) is 0 Å². The van der Waals surface area contributed by atoms with Gasteiger partial charge < -0.3 is 15.0 Å². The first-order valence-electron chi connectivity index (χ1n) is 6.30. The highest BCUT2D eigenvalue weighted by Crippen LogP contribution is 2.24. The van der Waals surface area contributed by atoms with Gasteiger partial charge in [0.1, 0.15) is 5.82 Å². The number of aromatic nitrogens is 2. The van der Waals surface area contributed by atoms with Crippen LogP contribution in [0.1, 0.15) is 43.2 Å². The molecule has 0 bridgehead atoms. The van der Waals surface area contributed by atoms with E-state index in [0.717, 1.165) is 31.8 Å². The molecule has 4 nitrogen and oxygen atoms in total. The minimum atomic E-state index is -0.186. The topological polar surface area (TPSA) is 50.1 Å². The first-order chi connectivity index (χ1) is 7.83. The number of aliphatic hydroxyl groups excluding tert-OH is 1. The van der Waals surface area contributed by atoms with Crippen molar-refractivity contribution in [2.75, 3.05) is 6.54 Å². The summed E-state index contributed by atoms with van der Waals surface area (Å²) in [5.74, 6) is 1.15. The quantitative estimate of drug-likeness (QED) is 0.744. The molecule has 1 fully saturated rings. The molecule has 1 saturated heterocycles. The third-order valence-electron chi connectivity index (χ3n) is 3.65. The van der Waals surface area contributed by atoms with Gasteiger partial charge in [0.2, 0.25) is 0 Å². The summed E-state index contributed by atoms with van der Waals surface area (Å²) in [6.45, 7) is 1.82. The molecule has 1 aromatic heterocycles. The predicted octanol–water partition coefficient (Wildman–Crippen LogP) is 1.00. The lowest BCUT2D eigenvalue weighted by Gasteiger charge is -2.21. The molecule has 3 heterocycles. The Hall–Kier alpha value is -0.870. The molecule has 0 saturated carbocycles. The molecule has 2 aliphatic heterocycles. The average Bonchev–Trinajstić information content (AvgIpc) is 2.73. The van der Waals surface area contributed by atoms with Crippen molar-refractivity contribution < 1.29 is 5.11 Å². The molecule has 2 unspecified atom stereocenters. The zero-order valence-electron chi connectivity index (χ0n) is 9.52. The van der Waals surface area contributed by atoms with Crippen LogP contribution < -0.4 is 5.32 Å². The summed E-state index contributed by atoms with van der Waals surface area (Å²) in [4.78, 5) is 4.70. The second kappa shape index (κ2) is 4.18. The van der Waals surface area contributed by atoms with Crippen LogP contribution in [0.15, 0.2) is 6.20 Å². The Morgan fingerprint density at radius 2 is 2.31 bits per heavy atom. The molecule has 0 amide bonds. The highest BCUT2D eigenvalue weighted by atomic mass is 16.3. The highest BCUT2D eigenvalue weighted by Gasteiger charge is 2.22. The van der Waals surface area contributed by atoms with Crippen LogP contribution in [0.4, 0.5) is 0 Å². The number of rotatable bonds is 1. The van der Waals surface area contributed by atoms with Crippen LogP contribution in [-0.2, 0) is 13.0 Å². The molecule has 1 aromatic rings. The van der Waals surface area contributed by atoms with E-state index in [1.807, 2.05) is 0 Å². The Bertz CT molecular complexity index is 368. The number of hydrogen-bond acceptors (Lipinski definition) is 3. The molecule has 2 atom stereocenters. The van der Waals surface area contributed by atoms with Crippen molar-refractivity contribution in [1.82, 2.24) is 14.9 Å². The third-order valence-corrected chi connectivity index (χ3v) is 3.65. The number of hydrogen-bond donors (Lipinski definition) is 2. The van der Waals surface area contributed by atoms with Gasteiger partial charge in [0.05, 0.1) is 17.8 Å². The van der Waals surface area contributed by atoms with Gasteiger partial charge in [-0.2, -0.15) is 0 Å². The number of aliphatic hydroxyl groups is 1. The second-order valence-electron chi connectivity index (χ2n) is 4.93. The maximum Gasteiger partial charge on any atom is 0.109 e. The van der Waals surface area contributed by atoms with Crippen molar-refractivity contribution >= 4 is 0 Å². The molecular weight excluding hydrogens is 202 g/mol. The van der Waals surface area contributed by atoms with Crippen molar-refractivity contribution in [2.45, 2.75) is 50.8 Å². The predicted molar refractivity (Wildman–Crippen MR) is 61.1 cm³/mol. The maximum absolute atomic E-state index is 9.61. The molecule has 2 N–H and O–H groups in total. The van der Waals surface area contributed by atoms with E-state index in [4.69, 9.17) is 4.98 Å². The van der Waals surface area contributed by atoms with Gasteiger partial charge in [-0.3, -0.25) is 0 Å². The third kappa shape index (κ3) is 1.87. The van der Waals surface area contributed by atoms with Crippen LogP contribution in [0.2, 0.25) is 0 Å². The highest BCUT2D eigenvalue weighted by molar-refractivity contribution is 5.11. The van der Waals surface area contributed by atoms with E-state index in [1.165, 1.54) is 25.0 Å². The number of nitrogens with one attached hydrogen (secondary N) is 1. The number of aryl methyl sites for hydroxylation is 1. The Balaban J connectivity index is 1.80. The molecule has 2 aliphatic rings. The van der Waals surface area contributed by atoms with E-state index in [1.54, 1.807) is 0 Å². The van der Waals surface area contributed by atoms with Gasteiger partial charge in [-0.25, -0.2) is 4.98 Å². The number of fused-ring (bicyclic) bond motifs is 1. The fraction of sp³-hybridized carbons (Fsp3) is 0.750. The molecule has 0 spiro atoms. The summed E-state index contributed by atoms with van der Waals surface area (Å²) >= 11 is 0. The van der Waals surface area contributed by atoms with E-state index < -0.39 is 0 Å².